The van der Waals surface area contributed by atoms with Gasteiger partial charge in [-0.2, -0.15) is 8.42 Å². The molecule has 2 rings (SSSR count). The molecule has 0 aliphatic carbocycles. The van der Waals surface area contributed by atoms with Crippen molar-refractivity contribution in [1.82, 2.24) is 0 Å². The maximum Gasteiger partial charge on any atom is 0.297 e. The number of benzene rings is 2. The molecule has 5 nitrogen and oxygen atoms in total. The largest absolute Gasteiger partial charge is 0.297 e. The summed E-state index contributed by atoms with van der Waals surface area (Å²) in [6.07, 6.45) is -0.655. The molecule has 0 fully saturated rings. The van der Waals surface area contributed by atoms with Crippen molar-refractivity contribution in [3.8, 4) is 0 Å². The lowest BCUT2D eigenvalue weighted by molar-refractivity contribution is 0.225. The molecule has 0 aliphatic heterocycles. The smallest absolute Gasteiger partial charge is 0.263 e. The highest BCUT2D eigenvalue weighted by Crippen LogP contribution is 2.18. The second-order valence-electron chi connectivity index (χ2n) is 5.59. The van der Waals surface area contributed by atoms with Crippen molar-refractivity contribution in [2.45, 2.75) is 36.2 Å². The van der Waals surface area contributed by atoms with E-state index in [9.17, 15) is 16.8 Å². The molecule has 0 aliphatic rings. The molecule has 0 amide bonds. The molecule has 130 valence electrons. The van der Waals surface area contributed by atoms with Gasteiger partial charge in [-0.25, -0.2) is 8.42 Å². The summed E-state index contributed by atoms with van der Waals surface area (Å²) in [5, 5.41) is 0. The molecule has 7 heteroatoms. The highest BCUT2D eigenvalue weighted by molar-refractivity contribution is 7.91. The number of hydrogen-bond donors (Lipinski definition) is 0. The van der Waals surface area contributed by atoms with Crippen LogP contribution in [0.2, 0.25) is 0 Å². The fraction of sp³-hybridized carbons (Fsp3) is 0.294. The van der Waals surface area contributed by atoms with E-state index in [4.69, 9.17) is 4.18 Å². The molecule has 2 aromatic rings. The first-order chi connectivity index (χ1) is 11.2. The van der Waals surface area contributed by atoms with Crippen LogP contribution in [0.1, 0.15) is 18.9 Å². The van der Waals surface area contributed by atoms with Gasteiger partial charge in [-0.3, -0.25) is 4.18 Å². The Labute approximate surface area is 143 Å². The van der Waals surface area contributed by atoms with Crippen LogP contribution < -0.4 is 0 Å². The van der Waals surface area contributed by atoms with Crippen molar-refractivity contribution in [3.63, 3.8) is 0 Å². The minimum Gasteiger partial charge on any atom is -0.263 e. The van der Waals surface area contributed by atoms with Gasteiger partial charge in [0.1, 0.15) is 0 Å². The minimum absolute atomic E-state index is 0.0610. The predicted octanol–water partition coefficient (Wildman–Crippen LogP) is 2.95. The second kappa shape index (κ2) is 7.46. The van der Waals surface area contributed by atoms with Crippen LogP contribution in [0.3, 0.4) is 0 Å². The van der Waals surface area contributed by atoms with Gasteiger partial charge in [0.25, 0.3) is 10.1 Å². The molecule has 0 bridgehead atoms. The van der Waals surface area contributed by atoms with Gasteiger partial charge < -0.3 is 0 Å². The molecule has 0 spiro atoms. The summed E-state index contributed by atoms with van der Waals surface area (Å²) < 4.78 is 53.9. The van der Waals surface area contributed by atoms with Crippen molar-refractivity contribution < 1.29 is 21.0 Å². The molecule has 0 unspecified atom stereocenters. The monoisotopic (exact) mass is 368 g/mol. The zero-order chi connectivity index (χ0) is 17.8. The number of sulfone groups is 1. The highest BCUT2D eigenvalue weighted by atomic mass is 32.2. The Kier molecular flexibility index (Phi) is 5.79. The molecule has 24 heavy (non-hydrogen) atoms. The van der Waals surface area contributed by atoms with Crippen molar-refractivity contribution in [2.75, 3.05) is 5.75 Å². The third kappa shape index (κ3) is 4.90. The van der Waals surface area contributed by atoms with Crippen molar-refractivity contribution in [2.24, 2.45) is 0 Å². The molecule has 0 saturated heterocycles. The average molecular weight is 368 g/mol. The van der Waals surface area contributed by atoms with Gasteiger partial charge in [-0.1, -0.05) is 35.9 Å². The fourth-order valence-corrected chi connectivity index (χ4v) is 4.65. The van der Waals surface area contributed by atoms with E-state index in [0.717, 1.165) is 5.56 Å². The third-order valence-electron chi connectivity index (χ3n) is 3.50. The van der Waals surface area contributed by atoms with Crippen LogP contribution in [-0.2, 0) is 24.1 Å². The van der Waals surface area contributed by atoms with E-state index in [0.29, 0.717) is 0 Å². The molecule has 2 aromatic carbocycles. The molecule has 0 aromatic heterocycles. The minimum atomic E-state index is -3.90. The molecule has 1 atom stereocenters. The Bertz CT molecular complexity index is 870. The lowest BCUT2D eigenvalue weighted by atomic mass is 10.2. The van der Waals surface area contributed by atoms with Crippen LogP contribution in [0, 0.1) is 6.92 Å². The van der Waals surface area contributed by atoms with Crippen LogP contribution in [0.15, 0.2) is 64.4 Å². The lowest BCUT2D eigenvalue weighted by Gasteiger charge is -2.13. The zero-order valence-electron chi connectivity index (χ0n) is 13.5. The van der Waals surface area contributed by atoms with Gasteiger partial charge in [0.15, 0.2) is 9.84 Å². The molecule has 0 radical (unpaired) electrons. The van der Waals surface area contributed by atoms with Crippen molar-refractivity contribution >= 4 is 20.0 Å². The molecular weight excluding hydrogens is 348 g/mol. The Hall–Kier alpha value is -1.70. The standard InChI is InChI=1S/C17H20O5S2/c1-14-8-10-17(11-9-14)24(20,21)22-15(2)12-13-23(18,19)16-6-4-3-5-7-16/h3-11,15H,12-13H2,1-2H3/t15-/m0/s1. The molecule has 0 N–H and O–H groups in total. The Balaban J connectivity index is 2.00. The van der Waals surface area contributed by atoms with Gasteiger partial charge >= 0.3 is 0 Å². The van der Waals surface area contributed by atoms with E-state index < -0.39 is 26.1 Å². The van der Waals surface area contributed by atoms with Gasteiger partial charge in [0.2, 0.25) is 0 Å². The van der Waals surface area contributed by atoms with Gasteiger partial charge in [-0.05, 0) is 44.5 Å². The van der Waals surface area contributed by atoms with E-state index in [1.165, 1.54) is 24.3 Å². The van der Waals surface area contributed by atoms with E-state index in [-0.39, 0.29) is 22.0 Å². The van der Waals surface area contributed by atoms with Crippen molar-refractivity contribution in [3.05, 3.63) is 60.2 Å². The lowest BCUT2D eigenvalue weighted by Crippen LogP contribution is -2.19. The van der Waals surface area contributed by atoms with Crippen LogP contribution in [-0.4, -0.2) is 28.7 Å². The fourth-order valence-electron chi connectivity index (χ4n) is 2.09. The number of rotatable bonds is 7. The summed E-state index contributed by atoms with van der Waals surface area (Å²) in [4.78, 5) is 0.282. The molecule has 0 heterocycles. The van der Waals surface area contributed by atoms with Gasteiger partial charge in [0.05, 0.1) is 21.6 Å². The third-order valence-corrected chi connectivity index (χ3v) is 6.69. The van der Waals surface area contributed by atoms with Gasteiger partial charge in [-0.15, -0.1) is 0 Å². The second-order valence-corrected chi connectivity index (χ2v) is 9.28. The van der Waals surface area contributed by atoms with Crippen LogP contribution in [0.5, 0.6) is 0 Å². The van der Waals surface area contributed by atoms with E-state index in [1.807, 2.05) is 6.92 Å². The SMILES string of the molecule is Cc1ccc(S(=O)(=O)O[C@@H](C)CCS(=O)(=O)c2ccccc2)cc1. The van der Waals surface area contributed by atoms with Crippen molar-refractivity contribution in [1.29, 1.82) is 0 Å². The summed E-state index contributed by atoms with van der Waals surface area (Å²) >= 11 is 0. The van der Waals surface area contributed by atoms with Crippen LogP contribution in [0.25, 0.3) is 0 Å². The summed E-state index contributed by atoms with van der Waals surface area (Å²) in [6, 6.07) is 14.4. The summed E-state index contributed by atoms with van der Waals surface area (Å²) in [7, 11) is -7.36. The number of hydrogen-bond acceptors (Lipinski definition) is 5. The summed E-state index contributed by atoms with van der Waals surface area (Å²) in [6.45, 7) is 3.40. The Morgan fingerprint density at radius 1 is 0.875 bits per heavy atom. The van der Waals surface area contributed by atoms with Crippen LogP contribution >= 0.6 is 0 Å². The van der Waals surface area contributed by atoms with Gasteiger partial charge in [0, 0.05) is 0 Å². The van der Waals surface area contributed by atoms with E-state index >= 15 is 0 Å². The first kappa shape index (κ1) is 18.6. The van der Waals surface area contributed by atoms with Crippen LogP contribution in [0.4, 0.5) is 0 Å². The Morgan fingerprint density at radius 2 is 1.46 bits per heavy atom. The maximum atomic E-state index is 12.2. The van der Waals surface area contributed by atoms with E-state index in [2.05, 4.69) is 0 Å². The first-order valence-electron chi connectivity index (χ1n) is 7.48. The first-order valence-corrected chi connectivity index (χ1v) is 10.5. The summed E-state index contributed by atoms with van der Waals surface area (Å²) in [5.41, 5.74) is 0.941. The topological polar surface area (TPSA) is 77.5 Å². The summed E-state index contributed by atoms with van der Waals surface area (Å²) in [5.74, 6) is -0.179. The Morgan fingerprint density at radius 3 is 2.04 bits per heavy atom. The molecular formula is C17H20O5S2. The molecule has 0 saturated carbocycles. The quantitative estimate of drug-likeness (QED) is 0.702. The zero-order valence-corrected chi connectivity index (χ0v) is 15.2. The maximum absolute atomic E-state index is 12.2. The predicted molar refractivity (Wildman–Crippen MR) is 92.0 cm³/mol. The highest BCUT2D eigenvalue weighted by Gasteiger charge is 2.21. The normalized spacial score (nSPS) is 13.6. The van der Waals surface area contributed by atoms with E-state index in [1.54, 1.807) is 37.3 Å². The number of aryl methyl sites for hydroxylation is 1. The average Bonchev–Trinajstić information content (AvgIpc) is 2.54.